The zero-order chi connectivity index (χ0) is 7.90. The lowest BCUT2D eigenvalue weighted by atomic mass is 9.71. The maximum absolute atomic E-state index is 3.49. The predicted molar refractivity (Wildman–Crippen MR) is 46.5 cm³/mol. The Morgan fingerprint density at radius 2 is 2.27 bits per heavy atom. The maximum Gasteiger partial charge on any atom is 0.0273 e. The zero-order valence-electron chi connectivity index (χ0n) is 7.48. The van der Waals surface area contributed by atoms with Gasteiger partial charge in [0, 0.05) is 31.1 Å². The Labute approximate surface area is 68.7 Å². The van der Waals surface area contributed by atoms with E-state index in [9.17, 15) is 0 Å². The van der Waals surface area contributed by atoms with Crippen molar-refractivity contribution in [1.29, 1.82) is 0 Å². The van der Waals surface area contributed by atoms with Crippen molar-refractivity contribution in [3.8, 4) is 0 Å². The number of rotatable bonds is 2. The van der Waals surface area contributed by atoms with E-state index in [2.05, 4.69) is 24.5 Å². The second kappa shape index (κ2) is 2.46. The van der Waals surface area contributed by atoms with Gasteiger partial charge in [-0.3, -0.25) is 0 Å². The van der Waals surface area contributed by atoms with E-state index in [0.717, 1.165) is 12.0 Å². The molecule has 11 heavy (non-hydrogen) atoms. The molecule has 2 saturated heterocycles. The normalized spacial score (nSPS) is 42.3. The molecule has 0 aromatic heterocycles. The van der Waals surface area contributed by atoms with Gasteiger partial charge in [-0.25, -0.2) is 0 Å². The van der Waals surface area contributed by atoms with Gasteiger partial charge in [0.15, 0.2) is 0 Å². The molecule has 0 aromatic carbocycles. The molecule has 0 aliphatic carbocycles. The molecule has 2 aliphatic rings. The first-order valence-electron chi connectivity index (χ1n) is 4.67. The van der Waals surface area contributed by atoms with E-state index < -0.39 is 0 Å². The SMILES string of the molecule is CC(C)CC12CNCC1NC2. The summed E-state index contributed by atoms with van der Waals surface area (Å²) in [5.41, 5.74) is 0.633. The van der Waals surface area contributed by atoms with Crippen molar-refractivity contribution in [3.05, 3.63) is 0 Å². The van der Waals surface area contributed by atoms with Crippen LogP contribution in [0.2, 0.25) is 0 Å². The number of nitrogens with one attached hydrogen (secondary N) is 2. The highest BCUT2D eigenvalue weighted by Crippen LogP contribution is 2.38. The average Bonchev–Trinajstić information content (AvgIpc) is 2.13. The van der Waals surface area contributed by atoms with Crippen LogP contribution in [0, 0.1) is 11.3 Å². The smallest absolute Gasteiger partial charge is 0.0273 e. The summed E-state index contributed by atoms with van der Waals surface area (Å²) in [5, 5.41) is 6.96. The summed E-state index contributed by atoms with van der Waals surface area (Å²) in [6.45, 7) is 8.31. The molecule has 2 unspecified atom stereocenters. The van der Waals surface area contributed by atoms with Gasteiger partial charge in [0.05, 0.1) is 0 Å². The van der Waals surface area contributed by atoms with Gasteiger partial charge in [-0.2, -0.15) is 0 Å². The molecule has 2 aliphatic heterocycles. The van der Waals surface area contributed by atoms with Gasteiger partial charge >= 0.3 is 0 Å². The molecule has 0 spiro atoms. The summed E-state index contributed by atoms with van der Waals surface area (Å²) >= 11 is 0. The summed E-state index contributed by atoms with van der Waals surface area (Å²) in [4.78, 5) is 0. The third-order valence-corrected chi connectivity index (χ3v) is 3.08. The third kappa shape index (κ3) is 1.09. The quantitative estimate of drug-likeness (QED) is 0.608. The monoisotopic (exact) mass is 154 g/mol. The molecule has 64 valence electrons. The van der Waals surface area contributed by atoms with Gasteiger partial charge in [0.1, 0.15) is 0 Å². The highest BCUT2D eigenvalue weighted by Gasteiger charge is 2.49. The highest BCUT2D eigenvalue weighted by molar-refractivity contribution is 5.08. The van der Waals surface area contributed by atoms with Crippen molar-refractivity contribution >= 4 is 0 Å². The Hall–Kier alpha value is -0.0800. The van der Waals surface area contributed by atoms with Crippen LogP contribution in [0.15, 0.2) is 0 Å². The fourth-order valence-electron chi connectivity index (χ4n) is 2.57. The molecule has 2 nitrogen and oxygen atoms in total. The molecule has 0 radical (unpaired) electrons. The second-order valence-electron chi connectivity index (χ2n) is 4.52. The Kier molecular flexibility index (Phi) is 1.69. The molecule has 2 rings (SSSR count). The molecule has 2 heterocycles. The second-order valence-corrected chi connectivity index (χ2v) is 4.52. The summed E-state index contributed by atoms with van der Waals surface area (Å²) in [7, 11) is 0. The van der Waals surface area contributed by atoms with Gasteiger partial charge in [0.25, 0.3) is 0 Å². The molecule has 2 fully saturated rings. The van der Waals surface area contributed by atoms with E-state index in [0.29, 0.717) is 5.41 Å². The molecule has 2 N–H and O–H groups in total. The van der Waals surface area contributed by atoms with Crippen LogP contribution in [-0.2, 0) is 0 Å². The van der Waals surface area contributed by atoms with Crippen molar-refractivity contribution in [2.75, 3.05) is 19.6 Å². The highest BCUT2D eigenvalue weighted by atomic mass is 15.2. The van der Waals surface area contributed by atoms with Gasteiger partial charge in [-0.15, -0.1) is 0 Å². The Balaban J connectivity index is 1.98. The first kappa shape index (κ1) is 7.56. The fourth-order valence-corrected chi connectivity index (χ4v) is 2.57. The van der Waals surface area contributed by atoms with Crippen molar-refractivity contribution in [2.24, 2.45) is 11.3 Å². The standard InChI is InChI=1S/C9H18N2/c1-7(2)3-9-5-10-4-8(9)11-6-9/h7-8,10-11H,3-6H2,1-2H3. The molecular formula is C9H18N2. The summed E-state index contributed by atoms with van der Waals surface area (Å²) < 4.78 is 0. The van der Waals surface area contributed by atoms with Gasteiger partial charge in [-0.1, -0.05) is 13.8 Å². The molecule has 0 aromatic rings. The van der Waals surface area contributed by atoms with Crippen LogP contribution in [0.4, 0.5) is 0 Å². The topological polar surface area (TPSA) is 24.1 Å². The summed E-state index contributed by atoms with van der Waals surface area (Å²) in [6.07, 6.45) is 1.39. The third-order valence-electron chi connectivity index (χ3n) is 3.08. The predicted octanol–water partition coefficient (Wildman–Crippen LogP) is 0.594. The van der Waals surface area contributed by atoms with Crippen LogP contribution in [-0.4, -0.2) is 25.7 Å². The largest absolute Gasteiger partial charge is 0.314 e. The van der Waals surface area contributed by atoms with E-state index in [1.807, 2.05) is 0 Å². The lowest BCUT2D eigenvalue weighted by Gasteiger charge is -2.46. The zero-order valence-corrected chi connectivity index (χ0v) is 7.48. The minimum Gasteiger partial charge on any atom is -0.314 e. The van der Waals surface area contributed by atoms with Crippen LogP contribution in [0.5, 0.6) is 0 Å². The Morgan fingerprint density at radius 3 is 2.73 bits per heavy atom. The van der Waals surface area contributed by atoms with Gasteiger partial charge < -0.3 is 10.6 Å². The number of hydrogen-bond acceptors (Lipinski definition) is 2. The van der Waals surface area contributed by atoms with Crippen molar-refractivity contribution in [3.63, 3.8) is 0 Å². The first-order valence-corrected chi connectivity index (χ1v) is 4.67. The minimum absolute atomic E-state index is 0.633. The van der Waals surface area contributed by atoms with Crippen LogP contribution in [0.3, 0.4) is 0 Å². The van der Waals surface area contributed by atoms with E-state index in [4.69, 9.17) is 0 Å². The lowest BCUT2D eigenvalue weighted by molar-refractivity contribution is 0.106. The lowest BCUT2D eigenvalue weighted by Crippen LogP contribution is -2.62. The van der Waals surface area contributed by atoms with E-state index in [-0.39, 0.29) is 0 Å². The molecule has 0 saturated carbocycles. The van der Waals surface area contributed by atoms with Gasteiger partial charge in [-0.05, 0) is 12.3 Å². The van der Waals surface area contributed by atoms with Crippen molar-refractivity contribution in [1.82, 2.24) is 10.6 Å². The van der Waals surface area contributed by atoms with Crippen molar-refractivity contribution in [2.45, 2.75) is 26.3 Å². The van der Waals surface area contributed by atoms with E-state index >= 15 is 0 Å². The van der Waals surface area contributed by atoms with Crippen LogP contribution in [0.1, 0.15) is 20.3 Å². The Bertz CT molecular complexity index is 156. The molecule has 2 heteroatoms. The minimum atomic E-state index is 0.633. The average molecular weight is 154 g/mol. The van der Waals surface area contributed by atoms with E-state index in [1.54, 1.807) is 0 Å². The molecule has 2 atom stereocenters. The maximum atomic E-state index is 3.49. The summed E-state index contributed by atoms with van der Waals surface area (Å²) in [6, 6.07) is 0.782. The number of fused-ring (bicyclic) bond motifs is 1. The van der Waals surface area contributed by atoms with Crippen LogP contribution in [0.25, 0.3) is 0 Å². The molecule has 0 amide bonds. The van der Waals surface area contributed by atoms with Crippen LogP contribution >= 0.6 is 0 Å². The van der Waals surface area contributed by atoms with E-state index in [1.165, 1.54) is 26.1 Å². The van der Waals surface area contributed by atoms with Gasteiger partial charge in [0.2, 0.25) is 0 Å². The fraction of sp³-hybridized carbons (Fsp3) is 1.00. The molecule has 0 bridgehead atoms. The Morgan fingerprint density at radius 1 is 1.45 bits per heavy atom. The molecular weight excluding hydrogens is 136 g/mol. The number of hydrogen-bond donors (Lipinski definition) is 2. The van der Waals surface area contributed by atoms with Crippen LogP contribution < -0.4 is 10.6 Å². The van der Waals surface area contributed by atoms with Crippen molar-refractivity contribution < 1.29 is 0 Å². The first-order chi connectivity index (χ1) is 5.23. The summed E-state index contributed by atoms with van der Waals surface area (Å²) in [5.74, 6) is 0.847.